The first-order valence-corrected chi connectivity index (χ1v) is 9.19. The van der Waals surface area contributed by atoms with Crippen molar-refractivity contribution in [1.29, 1.82) is 0 Å². The molecule has 0 aliphatic heterocycles. The number of methoxy groups -OCH3 is 1. The van der Waals surface area contributed by atoms with Crippen LogP contribution in [0.5, 0.6) is 5.75 Å². The average molecular weight is 371 g/mol. The second-order valence-corrected chi connectivity index (χ2v) is 6.91. The zero-order valence-corrected chi connectivity index (χ0v) is 15.6. The number of aryl methyl sites for hydroxylation is 1. The van der Waals surface area contributed by atoms with Crippen molar-refractivity contribution >= 4 is 23.1 Å². The topological polar surface area (TPSA) is 90.4 Å². The number of carbonyl (C=O) groups is 1. The first-order chi connectivity index (χ1) is 12.6. The highest BCUT2D eigenvalue weighted by Gasteiger charge is 2.23. The molecule has 0 saturated heterocycles. The number of nitrogens with one attached hydrogen (secondary N) is 1. The predicted octanol–water partition coefficient (Wildman–Crippen LogP) is 3.53. The van der Waals surface area contributed by atoms with Crippen molar-refractivity contribution < 1.29 is 14.1 Å². The molecule has 1 amide bonds. The number of ether oxygens (including phenoxy) is 1. The Morgan fingerprint density at radius 1 is 1.27 bits per heavy atom. The molecule has 6 nitrogen and oxygen atoms in total. The lowest BCUT2D eigenvalue weighted by atomic mass is 10.1. The van der Waals surface area contributed by atoms with Crippen LogP contribution >= 0.6 is 11.3 Å². The average Bonchev–Trinajstić information content (AvgIpc) is 3.28. The van der Waals surface area contributed by atoms with E-state index in [1.54, 1.807) is 18.4 Å². The number of thiophene rings is 1. The smallest absolute Gasteiger partial charge is 0.259 e. The number of benzene rings is 1. The van der Waals surface area contributed by atoms with Gasteiger partial charge in [-0.1, -0.05) is 24.2 Å². The predicted molar refractivity (Wildman–Crippen MR) is 103 cm³/mol. The number of carbonyl (C=O) groups excluding carboxylic acids is 1. The summed E-state index contributed by atoms with van der Waals surface area (Å²) < 4.78 is 10.2. The number of rotatable bonds is 7. The van der Waals surface area contributed by atoms with Gasteiger partial charge in [-0.3, -0.25) is 4.79 Å². The van der Waals surface area contributed by atoms with Gasteiger partial charge >= 0.3 is 0 Å². The van der Waals surface area contributed by atoms with E-state index in [0.29, 0.717) is 24.2 Å². The van der Waals surface area contributed by atoms with E-state index in [9.17, 15) is 4.79 Å². The van der Waals surface area contributed by atoms with E-state index in [1.165, 1.54) is 4.88 Å². The minimum atomic E-state index is -0.279. The molecule has 0 aliphatic carbocycles. The molecule has 2 heterocycles. The van der Waals surface area contributed by atoms with Crippen LogP contribution in [0, 0.1) is 0 Å². The number of hydrogen-bond acceptors (Lipinski definition) is 6. The second-order valence-electron chi connectivity index (χ2n) is 5.74. The third-order valence-corrected chi connectivity index (χ3v) is 5.28. The Morgan fingerprint density at radius 3 is 2.69 bits per heavy atom. The summed E-state index contributed by atoms with van der Waals surface area (Å²) in [5.74, 6) is 0.564. The van der Waals surface area contributed by atoms with E-state index in [-0.39, 0.29) is 11.8 Å². The zero-order valence-electron chi connectivity index (χ0n) is 14.7. The van der Waals surface area contributed by atoms with Gasteiger partial charge in [-0.15, -0.1) is 11.3 Å². The lowest BCUT2D eigenvalue weighted by Gasteiger charge is -2.06. The molecule has 3 rings (SSSR count). The van der Waals surface area contributed by atoms with Crippen LogP contribution < -0.4 is 15.8 Å². The number of anilines is 1. The fourth-order valence-corrected chi connectivity index (χ4v) is 3.52. The fourth-order valence-electron chi connectivity index (χ4n) is 2.59. The molecule has 0 bridgehead atoms. The van der Waals surface area contributed by atoms with Crippen molar-refractivity contribution in [2.45, 2.75) is 19.8 Å². The van der Waals surface area contributed by atoms with Gasteiger partial charge in [-0.05, 0) is 42.7 Å². The maximum Gasteiger partial charge on any atom is 0.259 e. The minimum Gasteiger partial charge on any atom is -0.497 e. The number of nitrogens with two attached hydrogens (primary N) is 1. The van der Waals surface area contributed by atoms with Crippen LogP contribution in [-0.4, -0.2) is 24.7 Å². The number of amides is 1. The van der Waals surface area contributed by atoms with Gasteiger partial charge in [0.05, 0.1) is 12.0 Å². The molecule has 0 unspecified atom stereocenters. The molecule has 0 spiro atoms. The highest BCUT2D eigenvalue weighted by atomic mass is 32.1. The van der Waals surface area contributed by atoms with Gasteiger partial charge < -0.3 is 20.3 Å². The van der Waals surface area contributed by atoms with Gasteiger partial charge in [-0.2, -0.15) is 0 Å². The molecule has 0 radical (unpaired) electrons. The summed E-state index contributed by atoms with van der Waals surface area (Å²) in [6.45, 7) is 2.57. The van der Waals surface area contributed by atoms with Crippen LogP contribution in [0.1, 0.15) is 27.7 Å². The molecule has 136 valence electrons. The van der Waals surface area contributed by atoms with Crippen molar-refractivity contribution in [3.05, 3.63) is 52.4 Å². The summed E-state index contributed by atoms with van der Waals surface area (Å²) >= 11 is 1.59. The SMILES string of the molecule is CCc1ccc(-c2noc(N)c2C(=O)NCCc2ccc(OC)cc2)s1. The monoisotopic (exact) mass is 371 g/mol. The summed E-state index contributed by atoms with van der Waals surface area (Å²) in [5.41, 5.74) is 7.73. The Labute approximate surface area is 156 Å². The lowest BCUT2D eigenvalue weighted by molar-refractivity contribution is 0.0955. The maximum absolute atomic E-state index is 12.6. The number of aromatic nitrogens is 1. The van der Waals surface area contributed by atoms with Crippen molar-refractivity contribution in [3.63, 3.8) is 0 Å². The number of hydrogen-bond donors (Lipinski definition) is 2. The van der Waals surface area contributed by atoms with Gasteiger partial charge in [0.2, 0.25) is 5.88 Å². The summed E-state index contributed by atoms with van der Waals surface area (Å²) in [5, 5.41) is 6.86. The molecule has 2 aromatic heterocycles. The van der Waals surface area contributed by atoms with Crippen LogP contribution in [0.25, 0.3) is 10.6 Å². The second kappa shape index (κ2) is 8.05. The van der Waals surface area contributed by atoms with E-state index < -0.39 is 0 Å². The van der Waals surface area contributed by atoms with Crippen LogP contribution in [0.4, 0.5) is 5.88 Å². The Kier molecular flexibility index (Phi) is 5.58. The van der Waals surface area contributed by atoms with Gasteiger partial charge in [0.1, 0.15) is 17.0 Å². The van der Waals surface area contributed by atoms with Crippen molar-refractivity contribution in [2.75, 3.05) is 19.4 Å². The highest BCUT2D eigenvalue weighted by Crippen LogP contribution is 2.32. The van der Waals surface area contributed by atoms with E-state index in [0.717, 1.165) is 22.6 Å². The molecule has 0 fully saturated rings. The van der Waals surface area contributed by atoms with Crippen LogP contribution in [-0.2, 0) is 12.8 Å². The molecule has 3 aromatic rings. The Balaban J connectivity index is 1.66. The van der Waals surface area contributed by atoms with Crippen molar-refractivity contribution in [2.24, 2.45) is 0 Å². The van der Waals surface area contributed by atoms with Gasteiger partial charge in [-0.25, -0.2) is 0 Å². The van der Waals surface area contributed by atoms with E-state index >= 15 is 0 Å². The number of nitrogen functional groups attached to an aromatic ring is 1. The number of nitrogens with zero attached hydrogens (tertiary/aromatic N) is 1. The summed E-state index contributed by atoms with van der Waals surface area (Å²) in [6, 6.07) is 11.7. The molecular formula is C19H21N3O3S. The molecule has 0 saturated carbocycles. The molecular weight excluding hydrogens is 350 g/mol. The highest BCUT2D eigenvalue weighted by molar-refractivity contribution is 7.15. The van der Waals surface area contributed by atoms with Crippen LogP contribution in [0.3, 0.4) is 0 Å². The van der Waals surface area contributed by atoms with Gasteiger partial charge in [0.15, 0.2) is 0 Å². The molecule has 26 heavy (non-hydrogen) atoms. The van der Waals surface area contributed by atoms with Crippen molar-refractivity contribution in [3.8, 4) is 16.3 Å². The Hall–Kier alpha value is -2.80. The summed E-state index contributed by atoms with van der Waals surface area (Å²) in [6.07, 6.45) is 1.64. The maximum atomic E-state index is 12.6. The standard InChI is InChI=1S/C19H21N3O3S/c1-3-14-8-9-15(26-14)17-16(18(20)25-22-17)19(23)21-11-10-12-4-6-13(24-2)7-5-12/h4-9H,3,10-11,20H2,1-2H3,(H,21,23). The Morgan fingerprint density at radius 2 is 2.04 bits per heavy atom. The first-order valence-electron chi connectivity index (χ1n) is 8.37. The fraction of sp³-hybridized carbons (Fsp3) is 0.263. The summed E-state index contributed by atoms with van der Waals surface area (Å²) in [7, 11) is 1.63. The third kappa shape index (κ3) is 3.88. The first kappa shape index (κ1) is 18.0. The van der Waals surface area contributed by atoms with Crippen LogP contribution in [0.15, 0.2) is 40.9 Å². The zero-order chi connectivity index (χ0) is 18.5. The molecule has 0 atom stereocenters. The van der Waals surface area contributed by atoms with Crippen LogP contribution in [0.2, 0.25) is 0 Å². The van der Waals surface area contributed by atoms with Gasteiger partial charge in [0, 0.05) is 11.4 Å². The Bertz CT molecular complexity index is 884. The lowest BCUT2D eigenvalue weighted by Crippen LogP contribution is -2.26. The normalized spacial score (nSPS) is 10.7. The van der Waals surface area contributed by atoms with Crippen molar-refractivity contribution in [1.82, 2.24) is 10.5 Å². The van der Waals surface area contributed by atoms with E-state index in [4.69, 9.17) is 15.0 Å². The summed E-state index contributed by atoms with van der Waals surface area (Å²) in [4.78, 5) is 14.7. The molecule has 3 N–H and O–H groups in total. The van der Waals surface area contributed by atoms with E-state index in [2.05, 4.69) is 17.4 Å². The largest absolute Gasteiger partial charge is 0.497 e. The molecule has 7 heteroatoms. The minimum absolute atomic E-state index is 0.0356. The molecule has 1 aromatic carbocycles. The van der Waals surface area contributed by atoms with E-state index in [1.807, 2.05) is 36.4 Å². The molecule has 0 aliphatic rings. The quantitative estimate of drug-likeness (QED) is 0.663. The third-order valence-electron chi connectivity index (χ3n) is 4.05. The van der Waals surface area contributed by atoms with Gasteiger partial charge in [0.25, 0.3) is 5.91 Å².